The second kappa shape index (κ2) is 10.7. The predicted octanol–water partition coefficient (Wildman–Crippen LogP) is 5.96. The molecule has 1 atom stereocenters. The molecule has 9 heteroatoms. The van der Waals surface area contributed by atoms with E-state index in [0.717, 1.165) is 57.2 Å². The average Bonchev–Trinajstić information content (AvgIpc) is 3.39. The molecule has 1 unspecified atom stereocenters. The first kappa shape index (κ1) is 25.0. The fourth-order valence-electron chi connectivity index (χ4n) is 5.76. The smallest absolute Gasteiger partial charge is 0.282 e. The number of halogens is 2. The van der Waals surface area contributed by atoms with Crippen molar-refractivity contribution in [2.24, 2.45) is 11.8 Å². The van der Waals surface area contributed by atoms with Crippen LogP contribution in [0.3, 0.4) is 0 Å². The number of fused-ring (bicyclic) bond motifs is 1. The molecule has 1 saturated carbocycles. The van der Waals surface area contributed by atoms with Crippen molar-refractivity contribution in [1.82, 2.24) is 24.4 Å². The molecule has 3 aromatic rings. The van der Waals surface area contributed by atoms with Gasteiger partial charge in [0.1, 0.15) is 5.69 Å². The molecule has 4 heterocycles. The number of hydrogen-bond acceptors (Lipinski definition) is 5. The Bertz CT molecular complexity index is 1190. The molecule has 194 valence electrons. The summed E-state index contributed by atoms with van der Waals surface area (Å²) in [5, 5.41) is 8.53. The number of hydrogen-bond donors (Lipinski definition) is 0. The van der Waals surface area contributed by atoms with Gasteiger partial charge in [0.05, 0.1) is 17.8 Å². The van der Waals surface area contributed by atoms with Gasteiger partial charge in [0.2, 0.25) is 0 Å². The van der Waals surface area contributed by atoms with Gasteiger partial charge in [-0.3, -0.25) is 9.48 Å². The number of aromatic nitrogens is 5. The van der Waals surface area contributed by atoms with Crippen molar-refractivity contribution in [2.45, 2.75) is 83.6 Å². The van der Waals surface area contributed by atoms with E-state index in [1.54, 1.807) is 15.4 Å². The van der Waals surface area contributed by atoms with Crippen LogP contribution >= 0.6 is 0 Å². The molecule has 3 aromatic heterocycles. The molecule has 36 heavy (non-hydrogen) atoms. The first-order chi connectivity index (χ1) is 17.4. The molecule has 2 fully saturated rings. The third-order valence-corrected chi connectivity index (χ3v) is 8.02. The standard InChI is InChI=1S/C27H35F2N5O2/c1-17(2)18-5-7-21(8-6-18)34-16-20(25(32-34)26(28)29)14-24(35)22-15-30-33-11-9-23(31-27(22)33)19-4-3-12-36-13-10-19/h9,11,15-19,21,26H,3-8,10,12-14H2,1-2H3. The number of carbonyl (C=O) groups is 1. The van der Waals surface area contributed by atoms with Crippen molar-refractivity contribution in [1.29, 1.82) is 0 Å². The Morgan fingerprint density at radius 3 is 2.69 bits per heavy atom. The summed E-state index contributed by atoms with van der Waals surface area (Å²) in [6.07, 6.45) is 8.93. The second-order valence-electron chi connectivity index (χ2n) is 10.7. The van der Waals surface area contributed by atoms with Crippen LogP contribution in [0.5, 0.6) is 0 Å². The summed E-state index contributed by atoms with van der Waals surface area (Å²) in [5.74, 6) is 1.30. The lowest BCUT2D eigenvalue weighted by Gasteiger charge is -2.30. The number of ketones is 1. The highest BCUT2D eigenvalue weighted by molar-refractivity contribution is 6.02. The lowest BCUT2D eigenvalue weighted by atomic mass is 9.80. The number of Topliss-reactive ketones (excluding diaryl/α,β-unsaturated/α-hetero) is 1. The zero-order valence-corrected chi connectivity index (χ0v) is 21.1. The minimum Gasteiger partial charge on any atom is -0.381 e. The summed E-state index contributed by atoms with van der Waals surface area (Å²) in [7, 11) is 0. The van der Waals surface area contributed by atoms with Crippen molar-refractivity contribution in [3.63, 3.8) is 0 Å². The molecule has 2 aliphatic rings. The van der Waals surface area contributed by atoms with E-state index >= 15 is 0 Å². The van der Waals surface area contributed by atoms with Gasteiger partial charge in [0, 0.05) is 49.2 Å². The van der Waals surface area contributed by atoms with E-state index in [4.69, 9.17) is 9.72 Å². The number of ether oxygens (including phenoxy) is 1. The van der Waals surface area contributed by atoms with Crippen molar-refractivity contribution >= 4 is 11.4 Å². The Morgan fingerprint density at radius 1 is 1.14 bits per heavy atom. The van der Waals surface area contributed by atoms with Gasteiger partial charge in [-0.05, 0) is 62.8 Å². The van der Waals surface area contributed by atoms with Crippen LogP contribution in [0.15, 0.2) is 24.7 Å². The van der Waals surface area contributed by atoms with Gasteiger partial charge < -0.3 is 4.74 Å². The third-order valence-electron chi connectivity index (χ3n) is 8.02. The van der Waals surface area contributed by atoms with Gasteiger partial charge in [-0.25, -0.2) is 18.3 Å². The molecule has 1 saturated heterocycles. The van der Waals surface area contributed by atoms with Crippen molar-refractivity contribution < 1.29 is 18.3 Å². The number of carbonyl (C=O) groups excluding carboxylic acids is 1. The Kier molecular flexibility index (Phi) is 7.46. The summed E-state index contributed by atoms with van der Waals surface area (Å²) < 4.78 is 36.6. The van der Waals surface area contributed by atoms with Gasteiger partial charge in [0.15, 0.2) is 11.4 Å². The molecule has 5 rings (SSSR count). The maximum atomic E-state index is 13.9. The molecule has 0 amide bonds. The highest BCUT2D eigenvalue weighted by Gasteiger charge is 2.28. The SMILES string of the molecule is CC(C)C1CCC(n2cc(CC(=O)c3cnn4ccc(C5CCCOCC5)nc34)c(C(F)F)n2)CC1. The van der Waals surface area contributed by atoms with Gasteiger partial charge in [-0.15, -0.1) is 0 Å². The van der Waals surface area contributed by atoms with Crippen LogP contribution in [-0.4, -0.2) is 43.4 Å². The second-order valence-corrected chi connectivity index (χ2v) is 10.7. The highest BCUT2D eigenvalue weighted by Crippen LogP contribution is 2.36. The van der Waals surface area contributed by atoms with Gasteiger partial charge in [-0.2, -0.15) is 10.2 Å². The fraction of sp³-hybridized carbons (Fsp3) is 0.630. The van der Waals surface area contributed by atoms with Crippen LogP contribution in [0.1, 0.15) is 104 Å². The maximum absolute atomic E-state index is 13.9. The van der Waals surface area contributed by atoms with E-state index in [2.05, 4.69) is 24.0 Å². The molecule has 0 bridgehead atoms. The number of nitrogens with zero attached hydrogens (tertiary/aromatic N) is 5. The van der Waals surface area contributed by atoms with Crippen LogP contribution in [0.4, 0.5) is 8.78 Å². The van der Waals surface area contributed by atoms with Gasteiger partial charge in [-0.1, -0.05) is 13.8 Å². The largest absolute Gasteiger partial charge is 0.381 e. The summed E-state index contributed by atoms with van der Waals surface area (Å²) >= 11 is 0. The molecule has 7 nitrogen and oxygen atoms in total. The lowest BCUT2D eigenvalue weighted by molar-refractivity contribution is 0.0992. The zero-order chi connectivity index (χ0) is 25.2. The quantitative estimate of drug-likeness (QED) is 0.375. The lowest BCUT2D eigenvalue weighted by Crippen LogP contribution is -2.21. The van der Waals surface area contributed by atoms with Crippen LogP contribution in [-0.2, 0) is 11.2 Å². The van der Waals surface area contributed by atoms with Crippen LogP contribution in [0.2, 0.25) is 0 Å². The predicted molar refractivity (Wildman–Crippen MR) is 131 cm³/mol. The molecule has 0 aromatic carbocycles. The number of alkyl halides is 2. The van der Waals surface area contributed by atoms with E-state index in [-0.39, 0.29) is 35.4 Å². The first-order valence-electron chi connectivity index (χ1n) is 13.2. The molecular weight excluding hydrogens is 464 g/mol. The first-order valence-corrected chi connectivity index (χ1v) is 13.2. The summed E-state index contributed by atoms with van der Waals surface area (Å²) in [6.45, 7) is 5.93. The highest BCUT2D eigenvalue weighted by atomic mass is 19.3. The maximum Gasteiger partial charge on any atom is 0.282 e. The molecule has 1 aliphatic heterocycles. The Hall–Kier alpha value is -2.68. The van der Waals surface area contributed by atoms with E-state index < -0.39 is 6.43 Å². The number of rotatable bonds is 7. The van der Waals surface area contributed by atoms with E-state index in [1.807, 2.05) is 12.3 Å². The third kappa shape index (κ3) is 5.21. The van der Waals surface area contributed by atoms with Crippen molar-refractivity contribution in [2.75, 3.05) is 13.2 Å². The zero-order valence-electron chi connectivity index (χ0n) is 21.1. The van der Waals surface area contributed by atoms with Crippen molar-refractivity contribution in [3.05, 3.63) is 47.2 Å². The Balaban J connectivity index is 1.36. The Labute approximate surface area is 210 Å². The summed E-state index contributed by atoms with van der Waals surface area (Å²) in [6, 6.07) is 2.04. The molecule has 1 aliphatic carbocycles. The average molecular weight is 500 g/mol. The van der Waals surface area contributed by atoms with E-state index in [9.17, 15) is 13.6 Å². The summed E-state index contributed by atoms with van der Waals surface area (Å²) in [4.78, 5) is 18.1. The van der Waals surface area contributed by atoms with E-state index in [0.29, 0.717) is 29.7 Å². The molecule has 0 N–H and O–H groups in total. The van der Waals surface area contributed by atoms with Gasteiger partial charge in [0.25, 0.3) is 6.43 Å². The molecule has 0 spiro atoms. The topological polar surface area (TPSA) is 74.3 Å². The Morgan fingerprint density at radius 2 is 1.94 bits per heavy atom. The molecular formula is C27H35F2N5O2. The van der Waals surface area contributed by atoms with Crippen molar-refractivity contribution in [3.8, 4) is 0 Å². The fourth-order valence-corrected chi connectivity index (χ4v) is 5.76. The van der Waals surface area contributed by atoms with Crippen LogP contribution < -0.4 is 0 Å². The van der Waals surface area contributed by atoms with Crippen LogP contribution in [0, 0.1) is 11.8 Å². The van der Waals surface area contributed by atoms with Gasteiger partial charge >= 0.3 is 0 Å². The monoisotopic (exact) mass is 499 g/mol. The summed E-state index contributed by atoms with van der Waals surface area (Å²) in [5.41, 5.74) is 1.74. The minimum atomic E-state index is -2.73. The molecule has 0 radical (unpaired) electrons. The minimum absolute atomic E-state index is 0.103. The van der Waals surface area contributed by atoms with Crippen LogP contribution in [0.25, 0.3) is 5.65 Å². The van der Waals surface area contributed by atoms with E-state index in [1.165, 1.54) is 6.20 Å². The normalized spacial score (nSPS) is 23.4.